The van der Waals surface area contributed by atoms with Crippen LogP contribution in [0.2, 0.25) is 5.02 Å². The molecule has 2 aromatic carbocycles. The molecule has 7 heteroatoms. The Labute approximate surface area is 178 Å². The van der Waals surface area contributed by atoms with Gasteiger partial charge in [0, 0.05) is 17.1 Å². The Hall–Kier alpha value is -2.28. The van der Waals surface area contributed by atoms with Crippen LogP contribution in [0.1, 0.15) is 11.1 Å². The van der Waals surface area contributed by atoms with Crippen LogP contribution in [0.3, 0.4) is 0 Å². The van der Waals surface area contributed by atoms with E-state index < -0.39 is 0 Å². The van der Waals surface area contributed by atoms with Crippen LogP contribution in [0.25, 0.3) is 6.08 Å². The molecular formula is C21H18ClNO3S2. The van der Waals surface area contributed by atoms with Crippen LogP contribution in [-0.2, 0) is 11.4 Å². The van der Waals surface area contributed by atoms with Crippen LogP contribution in [0.15, 0.2) is 60.0 Å². The number of ether oxygens (including phenoxy) is 2. The van der Waals surface area contributed by atoms with Crippen molar-refractivity contribution in [3.63, 3.8) is 0 Å². The lowest BCUT2D eigenvalue weighted by Crippen LogP contribution is -2.27. The predicted octanol–water partition coefficient (Wildman–Crippen LogP) is 5.31. The fraction of sp³-hybridized carbons (Fsp3) is 0.143. The second kappa shape index (κ2) is 9.28. The molecule has 1 aliphatic rings. The number of carbonyl (C=O) groups excluding carboxylic acids is 1. The van der Waals surface area contributed by atoms with Crippen LogP contribution in [0.4, 0.5) is 0 Å². The van der Waals surface area contributed by atoms with E-state index in [9.17, 15) is 4.79 Å². The fourth-order valence-corrected chi connectivity index (χ4v) is 4.02. The van der Waals surface area contributed by atoms with Crippen molar-refractivity contribution in [2.45, 2.75) is 6.61 Å². The molecule has 0 saturated carbocycles. The zero-order chi connectivity index (χ0) is 20.1. The highest BCUT2D eigenvalue weighted by Gasteiger charge is 2.31. The SMILES string of the molecule is C=CCN1C(=O)/C(=C/c2cccc(OC)c2OCc2ccc(Cl)cc2)SC1=S. The minimum absolute atomic E-state index is 0.138. The second-order valence-electron chi connectivity index (χ2n) is 5.87. The van der Waals surface area contributed by atoms with Crippen LogP contribution < -0.4 is 9.47 Å². The van der Waals surface area contributed by atoms with Crippen molar-refractivity contribution in [2.75, 3.05) is 13.7 Å². The first kappa shape index (κ1) is 20.5. The van der Waals surface area contributed by atoms with Gasteiger partial charge in [-0.2, -0.15) is 0 Å². The summed E-state index contributed by atoms with van der Waals surface area (Å²) in [5.41, 5.74) is 1.71. The highest BCUT2D eigenvalue weighted by Crippen LogP contribution is 2.37. The molecule has 1 saturated heterocycles. The summed E-state index contributed by atoms with van der Waals surface area (Å²) in [6, 6.07) is 13.0. The fourth-order valence-electron chi connectivity index (χ4n) is 2.63. The second-order valence-corrected chi connectivity index (χ2v) is 7.99. The van der Waals surface area contributed by atoms with Gasteiger partial charge in [-0.15, -0.1) is 6.58 Å². The van der Waals surface area contributed by atoms with E-state index in [2.05, 4.69) is 6.58 Å². The van der Waals surface area contributed by atoms with E-state index in [4.69, 9.17) is 33.3 Å². The van der Waals surface area contributed by atoms with Gasteiger partial charge in [-0.1, -0.05) is 65.9 Å². The van der Waals surface area contributed by atoms with Gasteiger partial charge < -0.3 is 9.47 Å². The van der Waals surface area contributed by atoms with Crippen molar-refractivity contribution < 1.29 is 14.3 Å². The summed E-state index contributed by atoms with van der Waals surface area (Å²) in [5.74, 6) is 1.01. The number of thiocarbonyl (C=S) groups is 1. The molecule has 0 atom stereocenters. The van der Waals surface area contributed by atoms with Gasteiger partial charge in [0.15, 0.2) is 11.5 Å². The maximum atomic E-state index is 12.6. The summed E-state index contributed by atoms with van der Waals surface area (Å²) in [6.45, 7) is 4.40. The molecule has 28 heavy (non-hydrogen) atoms. The molecule has 1 aliphatic heterocycles. The van der Waals surface area contributed by atoms with Crippen molar-refractivity contribution in [1.82, 2.24) is 4.90 Å². The molecule has 0 spiro atoms. The van der Waals surface area contributed by atoms with E-state index in [0.29, 0.717) is 38.9 Å². The average molecular weight is 432 g/mol. The van der Waals surface area contributed by atoms with Gasteiger partial charge in [-0.25, -0.2) is 0 Å². The van der Waals surface area contributed by atoms with Crippen LogP contribution in [0.5, 0.6) is 11.5 Å². The number of amides is 1. The summed E-state index contributed by atoms with van der Waals surface area (Å²) in [6.07, 6.45) is 3.43. The molecule has 0 radical (unpaired) electrons. The van der Waals surface area contributed by atoms with Gasteiger partial charge in [-0.3, -0.25) is 9.69 Å². The molecule has 3 rings (SSSR count). The quantitative estimate of drug-likeness (QED) is 0.337. The van der Waals surface area contributed by atoms with Crippen LogP contribution in [-0.4, -0.2) is 28.8 Å². The first-order chi connectivity index (χ1) is 13.5. The predicted molar refractivity (Wildman–Crippen MR) is 119 cm³/mol. The van der Waals surface area contributed by atoms with Crippen molar-refractivity contribution in [3.8, 4) is 11.5 Å². The Morgan fingerprint density at radius 3 is 2.68 bits per heavy atom. The number of methoxy groups -OCH3 is 1. The van der Waals surface area contributed by atoms with Gasteiger partial charge in [0.25, 0.3) is 5.91 Å². The Morgan fingerprint density at radius 1 is 1.25 bits per heavy atom. The van der Waals surface area contributed by atoms with Crippen molar-refractivity contribution in [3.05, 3.63) is 76.2 Å². The Morgan fingerprint density at radius 2 is 2.00 bits per heavy atom. The summed E-state index contributed by atoms with van der Waals surface area (Å²) in [5, 5.41) is 0.670. The molecular weight excluding hydrogens is 414 g/mol. The number of benzene rings is 2. The van der Waals surface area contributed by atoms with Gasteiger partial charge in [-0.05, 0) is 29.8 Å². The van der Waals surface area contributed by atoms with Gasteiger partial charge in [0.1, 0.15) is 10.9 Å². The smallest absolute Gasteiger partial charge is 0.266 e. The third-order valence-corrected chi connectivity index (χ3v) is 5.63. The molecule has 1 heterocycles. The largest absolute Gasteiger partial charge is 0.493 e. The third kappa shape index (κ3) is 4.58. The Kier molecular flexibility index (Phi) is 6.78. The molecule has 1 fully saturated rings. The molecule has 0 unspecified atom stereocenters. The lowest BCUT2D eigenvalue weighted by molar-refractivity contribution is -0.121. The van der Waals surface area contributed by atoms with Crippen LogP contribution in [0, 0.1) is 0 Å². The normalized spacial score (nSPS) is 15.2. The van der Waals surface area contributed by atoms with E-state index in [-0.39, 0.29) is 5.91 Å². The Bertz CT molecular complexity index is 941. The highest BCUT2D eigenvalue weighted by molar-refractivity contribution is 8.26. The zero-order valence-corrected chi connectivity index (χ0v) is 17.6. The molecule has 0 aromatic heterocycles. The number of hydrogen-bond donors (Lipinski definition) is 0. The van der Waals surface area contributed by atoms with E-state index in [0.717, 1.165) is 11.1 Å². The van der Waals surface area contributed by atoms with E-state index in [1.54, 1.807) is 19.3 Å². The lowest BCUT2D eigenvalue weighted by Gasteiger charge is -2.14. The average Bonchev–Trinajstić information content (AvgIpc) is 2.96. The molecule has 2 aromatic rings. The molecule has 4 nitrogen and oxygen atoms in total. The number of rotatable bonds is 7. The van der Waals surface area contributed by atoms with Crippen molar-refractivity contribution in [1.29, 1.82) is 0 Å². The monoisotopic (exact) mass is 431 g/mol. The standard InChI is InChI=1S/C21H18ClNO3S2/c1-3-11-23-20(24)18(28-21(23)27)12-15-5-4-6-17(25-2)19(15)26-13-14-7-9-16(22)10-8-14/h3-10,12H,1,11,13H2,2H3/b18-12-. The number of nitrogens with zero attached hydrogens (tertiary/aromatic N) is 1. The topological polar surface area (TPSA) is 38.8 Å². The molecule has 0 N–H and O–H groups in total. The highest BCUT2D eigenvalue weighted by atomic mass is 35.5. The number of hydrogen-bond acceptors (Lipinski definition) is 5. The number of halogens is 1. The molecule has 0 bridgehead atoms. The van der Waals surface area contributed by atoms with E-state index in [1.165, 1.54) is 16.7 Å². The van der Waals surface area contributed by atoms with E-state index in [1.807, 2.05) is 42.5 Å². The summed E-state index contributed by atoms with van der Waals surface area (Å²) < 4.78 is 12.0. The molecule has 144 valence electrons. The zero-order valence-electron chi connectivity index (χ0n) is 15.2. The minimum Gasteiger partial charge on any atom is -0.493 e. The lowest BCUT2D eigenvalue weighted by atomic mass is 10.1. The summed E-state index contributed by atoms with van der Waals surface area (Å²) in [4.78, 5) is 14.7. The number of carbonyl (C=O) groups is 1. The minimum atomic E-state index is -0.138. The first-order valence-electron chi connectivity index (χ1n) is 8.44. The van der Waals surface area contributed by atoms with Gasteiger partial charge in [0.2, 0.25) is 0 Å². The molecule has 1 amide bonds. The summed E-state index contributed by atoms with van der Waals surface area (Å²) in [7, 11) is 1.58. The van der Waals surface area contributed by atoms with Crippen LogP contribution >= 0.6 is 35.6 Å². The van der Waals surface area contributed by atoms with E-state index >= 15 is 0 Å². The maximum Gasteiger partial charge on any atom is 0.266 e. The third-order valence-electron chi connectivity index (χ3n) is 4.00. The van der Waals surface area contributed by atoms with Crippen molar-refractivity contribution in [2.24, 2.45) is 0 Å². The van der Waals surface area contributed by atoms with Gasteiger partial charge in [0.05, 0.1) is 12.0 Å². The number of thioether (sulfide) groups is 1. The summed E-state index contributed by atoms with van der Waals surface area (Å²) >= 11 is 12.5. The maximum absolute atomic E-state index is 12.6. The Balaban J connectivity index is 1.89. The molecule has 0 aliphatic carbocycles. The van der Waals surface area contributed by atoms with Gasteiger partial charge >= 0.3 is 0 Å². The first-order valence-corrected chi connectivity index (χ1v) is 10.0. The number of para-hydroxylation sites is 1. The van der Waals surface area contributed by atoms with Crippen molar-refractivity contribution >= 4 is 51.9 Å².